The molecule has 4 nitrogen and oxygen atoms in total. The summed E-state index contributed by atoms with van der Waals surface area (Å²) in [6.45, 7) is 0. The van der Waals surface area contributed by atoms with E-state index in [4.69, 9.17) is 15.0 Å². The zero-order chi connectivity index (χ0) is 36.7. The summed E-state index contributed by atoms with van der Waals surface area (Å²) in [5.41, 5.74) is 6.49. The van der Waals surface area contributed by atoms with Crippen molar-refractivity contribution in [3.05, 3.63) is 182 Å². The predicted octanol–water partition coefficient (Wildman–Crippen LogP) is 13.8. The molecule has 0 saturated carbocycles. The summed E-state index contributed by atoms with van der Waals surface area (Å²) in [4.78, 5) is 15.5. The molecule has 0 fully saturated rings. The number of nitrogens with zero attached hydrogens (tertiary/aromatic N) is 4. The van der Waals surface area contributed by atoms with E-state index < -0.39 is 0 Å². The number of thiophene rings is 1. The van der Waals surface area contributed by atoms with Gasteiger partial charge in [-0.15, -0.1) is 11.3 Å². The maximum absolute atomic E-state index is 5.24. The number of rotatable bonds is 4. The summed E-state index contributed by atoms with van der Waals surface area (Å²) >= 11 is 1.82. The summed E-state index contributed by atoms with van der Waals surface area (Å²) < 4.78 is 4.86. The van der Waals surface area contributed by atoms with Crippen LogP contribution in [0.3, 0.4) is 0 Å². The summed E-state index contributed by atoms with van der Waals surface area (Å²) in [5.74, 6) is 1.98. The molecule has 0 saturated heterocycles. The quantitative estimate of drug-likeness (QED) is 0.181. The molecule has 0 spiro atoms. The lowest BCUT2D eigenvalue weighted by Gasteiger charge is -2.11. The standard InChI is InChI=1S/C51H30N4S/c1-2-14-33(15-3-1)49-52-50(39-21-10-18-31-12-6-8-19-37(31)39)54-51(53-49)41-22-11-23-45-48(41)40-26-25-36(30-46(40)56-45)55-43-27-24-32-13-7-9-20-38(32)47(43)42-28-34-16-4-5-17-35(34)29-44(42)55/h1-30H. The Balaban J connectivity index is 1.09. The van der Waals surface area contributed by atoms with E-state index in [-0.39, 0.29) is 0 Å². The van der Waals surface area contributed by atoms with Gasteiger partial charge in [0.1, 0.15) is 0 Å². The van der Waals surface area contributed by atoms with Crippen LogP contribution < -0.4 is 0 Å². The Labute approximate surface area is 325 Å². The topological polar surface area (TPSA) is 43.6 Å². The Hall–Kier alpha value is -7.21. The molecule has 0 radical (unpaired) electrons. The van der Waals surface area contributed by atoms with Crippen LogP contribution in [0, 0.1) is 0 Å². The van der Waals surface area contributed by atoms with Crippen molar-refractivity contribution in [1.29, 1.82) is 0 Å². The number of aromatic nitrogens is 4. The summed E-state index contributed by atoms with van der Waals surface area (Å²) in [7, 11) is 0. The third-order valence-electron chi connectivity index (χ3n) is 11.2. The number of hydrogen-bond acceptors (Lipinski definition) is 4. The fourth-order valence-electron chi connectivity index (χ4n) is 8.64. The van der Waals surface area contributed by atoms with Crippen LogP contribution in [-0.4, -0.2) is 19.5 Å². The van der Waals surface area contributed by atoms with Gasteiger partial charge in [-0.2, -0.15) is 0 Å². The van der Waals surface area contributed by atoms with Gasteiger partial charge in [0.2, 0.25) is 0 Å². The summed E-state index contributed by atoms with van der Waals surface area (Å²) in [6.07, 6.45) is 0. The van der Waals surface area contributed by atoms with E-state index in [2.05, 4.69) is 168 Å². The van der Waals surface area contributed by atoms with Crippen molar-refractivity contribution < 1.29 is 0 Å². The fraction of sp³-hybridized carbons (Fsp3) is 0. The minimum atomic E-state index is 0.656. The molecule has 0 N–H and O–H groups in total. The first-order chi connectivity index (χ1) is 27.7. The Morgan fingerprint density at radius 1 is 0.357 bits per heavy atom. The normalized spacial score (nSPS) is 11.9. The van der Waals surface area contributed by atoms with E-state index in [0.717, 1.165) is 38.5 Å². The average Bonchev–Trinajstić information content (AvgIpc) is 3.80. The van der Waals surface area contributed by atoms with Crippen molar-refractivity contribution >= 4 is 85.6 Å². The second-order valence-electron chi connectivity index (χ2n) is 14.4. The molecule has 0 atom stereocenters. The second kappa shape index (κ2) is 12.2. The monoisotopic (exact) mass is 730 g/mol. The fourth-order valence-corrected chi connectivity index (χ4v) is 9.81. The van der Waals surface area contributed by atoms with Crippen molar-refractivity contribution in [1.82, 2.24) is 19.5 Å². The first-order valence-electron chi connectivity index (χ1n) is 18.9. The van der Waals surface area contributed by atoms with E-state index in [1.54, 1.807) is 0 Å². The van der Waals surface area contributed by atoms with Gasteiger partial charge in [0.05, 0.1) is 11.0 Å². The minimum absolute atomic E-state index is 0.656. The molecule has 0 amide bonds. The lowest BCUT2D eigenvalue weighted by atomic mass is 10.0. The lowest BCUT2D eigenvalue weighted by molar-refractivity contribution is 1.08. The van der Waals surface area contributed by atoms with E-state index in [1.165, 1.54) is 58.1 Å². The molecular weight excluding hydrogens is 701 g/mol. The smallest absolute Gasteiger partial charge is 0.164 e. The molecule has 0 aliphatic heterocycles. The van der Waals surface area contributed by atoms with Gasteiger partial charge in [-0.1, -0.05) is 146 Å². The molecule has 0 unspecified atom stereocenters. The van der Waals surface area contributed by atoms with Gasteiger partial charge in [0.25, 0.3) is 0 Å². The third-order valence-corrected chi connectivity index (χ3v) is 12.3. The van der Waals surface area contributed by atoms with Gasteiger partial charge >= 0.3 is 0 Å². The zero-order valence-electron chi connectivity index (χ0n) is 30.0. The number of benzene rings is 9. The van der Waals surface area contributed by atoms with Crippen LogP contribution in [0.25, 0.3) is 114 Å². The molecule has 12 aromatic rings. The van der Waals surface area contributed by atoms with Crippen LogP contribution in [0.1, 0.15) is 0 Å². The maximum Gasteiger partial charge on any atom is 0.164 e. The van der Waals surface area contributed by atoms with Gasteiger partial charge < -0.3 is 4.57 Å². The average molecular weight is 731 g/mol. The SMILES string of the molecule is c1ccc(-c2nc(-c3cccc4ccccc34)nc(-c3cccc4sc5cc(-n6c7cc8ccccc8cc7c7c8ccccc8ccc76)ccc5c34)n2)cc1. The van der Waals surface area contributed by atoms with Gasteiger partial charge in [-0.25, -0.2) is 15.0 Å². The molecule has 12 rings (SSSR count). The van der Waals surface area contributed by atoms with E-state index in [0.29, 0.717) is 17.5 Å². The molecule has 9 aromatic carbocycles. The van der Waals surface area contributed by atoms with Crippen molar-refractivity contribution in [3.8, 4) is 39.9 Å². The van der Waals surface area contributed by atoms with Crippen molar-refractivity contribution in [2.45, 2.75) is 0 Å². The molecule has 3 heterocycles. The first kappa shape index (κ1) is 31.2. The van der Waals surface area contributed by atoms with E-state index in [1.807, 2.05) is 29.5 Å². The predicted molar refractivity (Wildman–Crippen MR) is 236 cm³/mol. The van der Waals surface area contributed by atoms with Crippen molar-refractivity contribution in [2.24, 2.45) is 0 Å². The molecule has 0 bridgehead atoms. The highest BCUT2D eigenvalue weighted by Crippen LogP contribution is 2.43. The highest BCUT2D eigenvalue weighted by molar-refractivity contribution is 7.26. The van der Waals surface area contributed by atoms with Crippen molar-refractivity contribution in [2.75, 3.05) is 0 Å². The Morgan fingerprint density at radius 2 is 1.00 bits per heavy atom. The van der Waals surface area contributed by atoms with Gasteiger partial charge in [-0.3, -0.25) is 0 Å². The second-order valence-corrected chi connectivity index (χ2v) is 15.5. The van der Waals surface area contributed by atoms with E-state index >= 15 is 0 Å². The molecule has 56 heavy (non-hydrogen) atoms. The highest BCUT2D eigenvalue weighted by atomic mass is 32.1. The van der Waals surface area contributed by atoms with Crippen LogP contribution in [0.5, 0.6) is 0 Å². The van der Waals surface area contributed by atoms with Gasteiger partial charge in [-0.05, 0) is 68.7 Å². The van der Waals surface area contributed by atoms with Crippen LogP contribution in [0.15, 0.2) is 182 Å². The molecule has 5 heteroatoms. The summed E-state index contributed by atoms with van der Waals surface area (Å²) in [5, 5.41) is 12.2. The van der Waals surface area contributed by atoms with Crippen LogP contribution in [-0.2, 0) is 0 Å². The lowest BCUT2D eigenvalue weighted by Crippen LogP contribution is -2.00. The molecule has 3 aromatic heterocycles. The minimum Gasteiger partial charge on any atom is -0.309 e. The first-order valence-corrected chi connectivity index (χ1v) is 19.7. The number of hydrogen-bond donors (Lipinski definition) is 0. The van der Waals surface area contributed by atoms with Crippen LogP contribution in [0.2, 0.25) is 0 Å². The molecule has 0 aliphatic rings. The molecular formula is C51H30N4S. The van der Waals surface area contributed by atoms with Crippen LogP contribution in [0.4, 0.5) is 0 Å². The van der Waals surface area contributed by atoms with Gasteiger partial charge in [0, 0.05) is 53.3 Å². The van der Waals surface area contributed by atoms with Crippen LogP contribution >= 0.6 is 11.3 Å². The highest BCUT2D eigenvalue weighted by Gasteiger charge is 2.20. The third kappa shape index (κ3) is 4.75. The number of fused-ring (bicyclic) bond motifs is 10. The zero-order valence-corrected chi connectivity index (χ0v) is 30.8. The van der Waals surface area contributed by atoms with E-state index in [9.17, 15) is 0 Å². The Kier molecular flexibility index (Phi) is 6.76. The molecule has 260 valence electrons. The maximum atomic E-state index is 5.24. The summed E-state index contributed by atoms with van der Waals surface area (Å²) in [6, 6.07) is 65.0. The Morgan fingerprint density at radius 3 is 1.84 bits per heavy atom. The van der Waals surface area contributed by atoms with Crippen molar-refractivity contribution in [3.63, 3.8) is 0 Å². The van der Waals surface area contributed by atoms with Gasteiger partial charge in [0.15, 0.2) is 17.5 Å². The Bertz CT molecular complexity index is 3540. The molecule has 0 aliphatic carbocycles. The largest absolute Gasteiger partial charge is 0.309 e.